The van der Waals surface area contributed by atoms with E-state index in [-0.39, 0.29) is 22.9 Å². The van der Waals surface area contributed by atoms with Gasteiger partial charge in [-0.25, -0.2) is 18.4 Å². The highest BCUT2D eigenvalue weighted by Crippen LogP contribution is 2.20. The Labute approximate surface area is 165 Å². The van der Waals surface area contributed by atoms with Gasteiger partial charge < -0.3 is 15.0 Å². The predicted molar refractivity (Wildman–Crippen MR) is 103 cm³/mol. The lowest BCUT2D eigenvalue weighted by molar-refractivity contribution is -0.137. The number of carbonyl (C=O) groups is 3. The summed E-state index contributed by atoms with van der Waals surface area (Å²) in [5.74, 6) is -1.79. The molecule has 3 N–H and O–H groups in total. The predicted octanol–water partition coefficient (Wildman–Crippen LogP) is 0.481. The standard InChI is InChI=1S/C18H27N3O6S/c1-11-7-13(8-14(12(11)2)28(19,25)26)17(24)27-10-16(23)21(6)9-15(22)20-18(3,4)5/h7-8H,9-10H2,1-6H3,(H,20,22)(H2,19,25,26). The number of rotatable bonds is 6. The second-order valence-electron chi connectivity index (χ2n) is 7.59. The molecular weight excluding hydrogens is 386 g/mol. The van der Waals surface area contributed by atoms with Crippen molar-refractivity contribution in [3.05, 3.63) is 28.8 Å². The first kappa shape index (κ1) is 23.6. The molecule has 156 valence electrons. The first-order valence-electron chi connectivity index (χ1n) is 8.48. The molecule has 0 atom stereocenters. The molecule has 0 aliphatic heterocycles. The lowest BCUT2D eigenvalue weighted by Gasteiger charge is -2.23. The van der Waals surface area contributed by atoms with E-state index >= 15 is 0 Å². The quantitative estimate of drug-likeness (QED) is 0.651. The number of nitrogens with zero attached hydrogens (tertiary/aromatic N) is 1. The fraction of sp³-hybridized carbons (Fsp3) is 0.500. The van der Waals surface area contributed by atoms with Gasteiger partial charge in [-0.3, -0.25) is 9.59 Å². The van der Waals surface area contributed by atoms with Gasteiger partial charge in [0.15, 0.2) is 6.61 Å². The number of aryl methyl sites for hydroxylation is 1. The number of benzene rings is 1. The molecule has 0 aromatic heterocycles. The summed E-state index contributed by atoms with van der Waals surface area (Å²) in [5, 5.41) is 7.89. The smallest absolute Gasteiger partial charge is 0.338 e. The van der Waals surface area contributed by atoms with E-state index in [1.165, 1.54) is 13.1 Å². The Morgan fingerprint density at radius 2 is 1.75 bits per heavy atom. The van der Waals surface area contributed by atoms with Crippen molar-refractivity contribution in [1.82, 2.24) is 10.2 Å². The molecule has 9 nitrogen and oxygen atoms in total. The van der Waals surface area contributed by atoms with E-state index in [4.69, 9.17) is 9.88 Å². The van der Waals surface area contributed by atoms with Gasteiger partial charge in [0.2, 0.25) is 15.9 Å². The fourth-order valence-electron chi connectivity index (χ4n) is 2.32. The molecule has 0 unspecified atom stereocenters. The van der Waals surface area contributed by atoms with Crippen molar-refractivity contribution in [3.8, 4) is 0 Å². The van der Waals surface area contributed by atoms with Gasteiger partial charge in [-0.05, 0) is 57.9 Å². The number of esters is 1. The zero-order valence-electron chi connectivity index (χ0n) is 17.0. The van der Waals surface area contributed by atoms with E-state index < -0.39 is 34.0 Å². The van der Waals surface area contributed by atoms with E-state index in [9.17, 15) is 22.8 Å². The normalized spacial score (nSPS) is 11.7. The molecule has 1 aromatic carbocycles. The molecule has 0 fully saturated rings. The molecule has 0 aliphatic rings. The van der Waals surface area contributed by atoms with Crippen molar-refractivity contribution in [1.29, 1.82) is 0 Å². The van der Waals surface area contributed by atoms with E-state index in [0.29, 0.717) is 11.1 Å². The number of hydrogen-bond acceptors (Lipinski definition) is 6. The molecule has 0 saturated carbocycles. The van der Waals surface area contributed by atoms with Gasteiger partial charge in [0, 0.05) is 12.6 Å². The number of ether oxygens (including phenoxy) is 1. The number of likely N-dealkylation sites (N-methyl/N-ethyl adjacent to an activating group) is 1. The van der Waals surface area contributed by atoms with Crippen LogP contribution in [-0.2, 0) is 24.3 Å². The van der Waals surface area contributed by atoms with Crippen LogP contribution in [0, 0.1) is 13.8 Å². The Morgan fingerprint density at radius 1 is 1.18 bits per heavy atom. The summed E-state index contributed by atoms with van der Waals surface area (Å²) in [6, 6.07) is 2.57. The van der Waals surface area contributed by atoms with Crippen LogP contribution in [0.1, 0.15) is 42.3 Å². The third kappa shape index (κ3) is 6.93. The summed E-state index contributed by atoms with van der Waals surface area (Å²) in [7, 11) is -2.60. The van der Waals surface area contributed by atoms with Crippen LogP contribution in [0.5, 0.6) is 0 Å². The Bertz CT molecular complexity index is 887. The summed E-state index contributed by atoms with van der Waals surface area (Å²) in [6.45, 7) is 7.87. The molecule has 0 radical (unpaired) electrons. The number of hydrogen-bond donors (Lipinski definition) is 2. The van der Waals surface area contributed by atoms with E-state index in [0.717, 1.165) is 11.0 Å². The number of primary sulfonamides is 1. The molecule has 0 bridgehead atoms. The van der Waals surface area contributed by atoms with Crippen molar-refractivity contribution in [2.45, 2.75) is 45.1 Å². The molecule has 1 rings (SSSR count). The van der Waals surface area contributed by atoms with Crippen LogP contribution in [0.25, 0.3) is 0 Å². The minimum Gasteiger partial charge on any atom is -0.452 e. The third-order valence-electron chi connectivity index (χ3n) is 3.81. The maximum absolute atomic E-state index is 12.2. The summed E-state index contributed by atoms with van der Waals surface area (Å²) >= 11 is 0. The van der Waals surface area contributed by atoms with Crippen LogP contribution < -0.4 is 10.5 Å². The highest BCUT2D eigenvalue weighted by molar-refractivity contribution is 7.89. The molecule has 10 heteroatoms. The van der Waals surface area contributed by atoms with Crippen LogP contribution >= 0.6 is 0 Å². The maximum atomic E-state index is 12.2. The van der Waals surface area contributed by atoms with Gasteiger partial charge in [0.1, 0.15) is 0 Å². The van der Waals surface area contributed by atoms with Gasteiger partial charge in [0.05, 0.1) is 17.0 Å². The summed E-state index contributed by atoms with van der Waals surface area (Å²) in [5.41, 5.74) is 0.506. The Balaban J connectivity index is 2.78. The number of nitrogens with one attached hydrogen (secondary N) is 1. The second-order valence-corrected chi connectivity index (χ2v) is 9.12. The first-order chi connectivity index (χ1) is 12.6. The van der Waals surface area contributed by atoms with Gasteiger partial charge in [0.25, 0.3) is 5.91 Å². The van der Waals surface area contributed by atoms with Gasteiger partial charge in [-0.15, -0.1) is 0 Å². The number of carbonyl (C=O) groups excluding carboxylic acids is 3. The average molecular weight is 413 g/mol. The van der Waals surface area contributed by atoms with Crippen molar-refractivity contribution in [2.24, 2.45) is 5.14 Å². The number of amides is 2. The zero-order chi connectivity index (χ0) is 21.9. The highest BCUT2D eigenvalue weighted by atomic mass is 32.2. The number of sulfonamides is 1. The molecule has 1 aromatic rings. The highest BCUT2D eigenvalue weighted by Gasteiger charge is 2.21. The summed E-state index contributed by atoms with van der Waals surface area (Å²) < 4.78 is 28.3. The second kappa shape index (κ2) is 8.70. The van der Waals surface area contributed by atoms with Crippen molar-refractivity contribution >= 4 is 27.8 Å². The lowest BCUT2D eigenvalue weighted by atomic mass is 10.1. The van der Waals surface area contributed by atoms with Gasteiger partial charge in [-0.1, -0.05) is 0 Å². The topological polar surface area (TPSA) is 136 Å². The van der Waals surface area contributed by atoms with Gasteiger partial charge >= 0.3 is 5.97 Å². The van der Waals surface area contributed by atoms with E-state index in [1.807, 2.05) is 20.8 Å². The molecule has 0 heterocycles. The number of nitrogens with two attached hydrogens (primary N) is 1. The monoisotopic (exact) mass is 413 g/mol. The molecule has 0 saturated heterocycles. The molecule has 28 heavy (non-hydrogen) atoms. The van der Waals surface area contributed by atoms with Crippen LogP contribution in [0.2, 0.25) is 0 Å². The van der Waals surface area contributed by atoms with Gasteiger partial charge in [-0.2, -0.15) is 0 Å². The largest absolute Gasteiger partial charge is 0.452 e. The van der Waals surface area contributed by atoms with Crippen LogP contribution in [0.4, 0.5) is 0 Å². The average Bonchev–Trinajstić information content (AvgIpc) is 2.51. The SMILES string of the molecule is Cc1cc(C(=O)OCC(=O)N(C)CC(=O)NC(C)(C)C)cc(S(N)(=O)=O)c1C. The van der Waals surface area contributed by atoms with Crippen LogP contribution in [0.15, 0.2) is 17.0 Å². The minimum absolute atomic E-state index is 0.0342. The van der Waals surface area contributed by atoms with Crippen LogP contribution in [-0.4, -0.2) is 56.8 Å². The molecular formula is C18H27N3O6S. The van der Waals surface area contributed by atoms with E-state index in [1.54, 1.807) is 13.8 Å². The van der Waals surface area contributed by atoms with E-state index in [2.05, 4.69) is 5.32 Å². The molecule has 0 spiro atoms. The maximum Gasteiger partial charge on any atom is 0.338 e. The first-order valence-corrected chi connectivity index (χ1v) is 10.0. The molecule has 0 aliphatic carbocycles. The van der Waals surface area contributed by atoms with Crippen LogP contribution in [0.3, 0.4) is 0 Å². The van der Waals surface area contributed by atoms with Crippen molar-refractivity contribution in [2.75, 3.05) is 20.2 Å². The summed E-state index contributed by atoms with van der Waals surface area (Å²) in [4.78, 5) is 37.1. The zero-order valence-corrected chi connectivity index (χ0v) is 17.8. The summed E-state index contributed by atoms with van der Waals surface area (Å²) in [6.07, 6.45) is 0. The third-order valence-corrected chi connectivity index (χ3v) is 4.85. The Hall–Kier alpha value is -2.46. The lowest BCUT2D eigenvalue weighted by Crippen LogP contribution is -2.46. The molecule has 2 amide bonds. The van der Waals surface area contributed by atoms with Crippen molar-refractivity contribution in [3.63, 3.8) is 0 Å². The Kier molecular flexibility index (Phi) is 7.32. The fourth-order valence-corrected chi connectivity index (χ4v) is 3.20. The minimum atomic E-state index is -4.01. The Morgan fingerprint density at radius 3 is 2.25 bits per heavy atom. The van der Waals surface area contributed by atoms with Crippen molar-refractivity contribution < 1.29 is 27.5 Å².